The smallest absolute Gasteiger partial charge is 0.317 e. The lowest BCUT2D eigenvalue weighted by Crippen LogP contribution is -2.44. The molecule has 0 heterocycles. The largest absolute Gasteiger partial charge is 0.481 e. The van der Waals surface area contributed by atoms with Gasteiger partial charge < -0.3 is 20.6 Å². The van der Waals surface area contributed by atoms with E-state index in [4.69, 9.17) is 5.11 Å². The second-order valence-corrected chi connectivity index (χ2v) is 4.38. The lowest BCUT2D eigenvalue weighted by molar-refractivity contribution is -0.137. The van der Waals surface area contributed by atoms with E-state index in [-0.39, 0.29) is 37.4 Å². The Labute approximate surface area is 113 Å². The molecule has 0 spiro atoms. The van der Waals surface area contributed by atoms with Crippen molar-refractivity contribution in [2.45, 2.75) is 38.6 Å². The number of urea groups is 1. The third-order valence-corrected chi connectivity index (χ3v) is 2.69. The molecule has 0 saturated carbocycles. The molecule has 0 fully saturated rings. The van der Waals surface area contributed by atoms with Crippen LogP contribution in [0.25, 0.3) is 0 Å². The summed E-state index contributed by atoms with van der Waals surface area (Å²) in [4.78, 5) is 34.9. The van der Waals surface area contributed by atoms with Crippen molar-refractivity contribution >= 4 is 17.9 Å². The maximum absolute atomic E-state index is 11.8. The van der Waals surface area contributed by atoms with Crippen molar-refractivity contribution in [2.24, 2.45) is 0 Å². The van der Waals surface area contributed by atoms with Gasteiger partial charge in [0.05, 0.1) is 6.42 Å². The first-order valence-corrected chi connectivity index (χ1v) is 6.34. The minimum Gasteiger partial charge on any atom is -0.481 e. The summed E-state index contributed by atoms with van der Waals surface area (Å²) in [6.07, 6.45) is 1.53. The molecule has 0 saturated heterocycles. The SMILES string of the molecule is CCCC(CC(=O)O)NC(=O)N(C)CCC(=O)NC. The molecule has 0 bridgehead atoms. The second-order valence-electron chi connectivity index (χ2n) is 4.38. The quantitative estimate of drug-likeness (QED) is 0.596. The Morgan fingerprint density at radius 2 is 1.95 bits per heavy atom. The Hall–Kier alpha value is -1.79. The lowest BCUT2D eigenvalue weighted by Gasteiger charge is -2.22. The summed E-state index contributed by atoms with van der Waals surface area (Å²) in [6, 6.07) is -0.735. The van der Waals surface area contributed by atoms with Gasteiger partial charge in [-0.15, -0.1) is 0 Å². The molecule has 7 heteroatoms. The van der Waals surface area contributed by atoms with Crippen molar-refractivity contribution in [1.29, 1.82) is 0 Å². The number of aliphatic carboxylic acids is 1. The van der Waals surface area contributed by atoms with Crippen LogP contribution in [0.4, 0.5) is 4.79 Å². The topological polar surface area (TPSA) is 98.7 Å². The van der Waals surface area contributed by atoms with Crippen LogP contribution < -0.4 is 10.6 Å². The molecule has 0 aromatic heterocycles. The number of carbonyl (C=O) groups excluding carboxylic acids is 2. The molecule has 0 aromatic carbocycles. The number of carbonyl (C=O) groups is 3. The monoisotopic (exact) mass is 273 g/mol. The minimum absolute atomic E-state index is 0.0944. The first kappa shape index (κ1) is 17.2. The lowest BCUT2D eigenvalue weighted by atomic mass is 10.1. The molecule has 0 aliphatic rings. The first-order valence-electron chi connectivity index (χ1n) is 6.34. The number of hydrogen-bond acceptors (Lipinski definition) is 3. The van der Waals surface area contributed by atoms with E-state index in [2.05, 4.69) is 10.6 Å². The third kappa shape index (κ3) is 8.01. The highest BCUT2D eigenvalue weighted by Gasteiger charge is 2.17. The summed E-state index contributed by atoms with van der Waals surface area (Å²) in [6.45, 7) is 2.22. The Morgan fingerprint density at radius 3 is 2.42 bits per heavy atom. The third-order valence-electron chi connectivity index (χ3n) is 2.69. The molecule has 0 aliphatic heterocycles. The molecule has 0 radical (unpaired) electrons. The molecule has 0 aromatic rings. The van der Waals surface area contributed by atoms with Crippen molar-refractivity contribution in [3.63, 3.8) is 0 Å². The van der Waals surface area contributed by atoms with Crippen LogP contribution in [0.2, 0.25) is 0 Å². The molecule has 19 heavy (non-hydrogen) atoms. The molecule has 1 unspecified atom stereocenters. The fourth-order valence-electron chi connectivity index (χ4n) is 1.57. The number of nitrogens with one attached hydrogen (secondary N) is 2. The van der Waals surface area contributed by atoms with E-state index < -0.39 is 5.97 Å². The van der Waals surface area contributed by atoms with Gasteiger partial charge >= 0.3 is 12.0 Å². The molecular formula is C12H23N3O4. The highest BCUT2D eigenvalue weighted by atomic mass is 16.4. The summed E-state index contributed by atoms with van der Waals surface area (Å²) in [5.41, 5.74) is 0. The number of nitrogens with zero attached hydrogens (tertiary/aromatic N) is 1. The number of rotatable bonds is 8. The predicted octanol–water partition coefficient (Wildman–Crippen LogP) is 0.407. The molecule has 1 atom stereocenters. The zero-order valence-electron chi connectivity index (χ0n) is 11.7. The van der Waals surface area contributed by atoms with Crippen molar-refractivity contribution in [1.82, 2.24) is 15.5 Å². The minimum atomic E-state index is -0.938. The Kier molecular flexibility index (Phi) is 8.32. The van der Waals surface area contributed by atoms with E-state index in [1.54, 1.807) is 7.05 Å². The van der Waals surface area contributed by atoms with Crippen LogP contribution in [0.15, 0.2) is 0 Å². The summed E-state index contributed by atoms with van der Waals surface area (Å²) in [7, 11) is 3.11. The summed E-state index contributed by atoms with van der Waals surface area (Å²) >= 11 is 0. The van der Waals surface area contributed by atoms with Gasteiger partial charge in [0.15, 0.2) is 0 Å². The van der Waals surface area contributed by atoms with Crippen molar-refractivity contribution in [3.8, 4) is 0 Å². The van der Waals surface area contributed by atoms with Crippen LogP contribution in [0.5, 0.6) is 0 Å². The van der Waals surface area contributed by atoms with Crippen LogP contribution in [0, 0.1) is 0 Å². The zero-order chi connectivity index (χ0) is 14.8. The highest BCUT2D eigenvalue weighted by Crippen LogP contribution is 2.03. The van der Waals surface area contributed by atoms with Gasteiger partial charge in [-0.2, -0.15) is 0 Å². The van der Waals surface area contributed by atoms with Crippen LogP contribution in [0.1, 0.15) is 32.6 Å². The van der Waals surface area contributed by atoms with Crippen molar-refractivity contribution in [3.05, 3.63) is 0 Å². The van der Waals surface area contributed by atoms with E-state index in [9.17, 15) is 14.4 Å². The van der Waals surface area contributed by atoms with Crippen LogP contribution in [0.3, 0.4) is 0 Å². The van der Waals surface area contributed by atoms with E-state index in [0.717, 1.165) is 6.42 Å². The molecule has 110 valence electrons. The van der Waals surface area contributed by atoms with Gasteiger partial charge in [0.25, 0.3) is 0 Å². The van der Waals surface area contributed by atoms with Gasteiger partial charge in [-0.05, 0) is 6.42 Å². The zero-order valence-corrected chi connectivity index (χ0v) is 11.7. The normalized spacial score (nSPS) is 11.5. The fourth-order valence-corrected chi connectivity index (χ4v) is 1.57. The van der Waals surface area contributed by atoms with Gasteiger partial charge in [0.2, 0.25) is 5.91 Å². The molecule has 7 nitrogen and oxygen atoms in total. The fraction of sp³-hybridized carbons (Fsp3) is 0.750. The highest BCUT2D eigenvalue weighted by molar-refractivity contribution is 5.78. The van der Waals surface area contributed by atoms with Crippen molar-refractivity contribution in [2.75, 3.05) is 20.6 Å². The molecular weight excluding hydrogens is 250 g/mol. The summed E-state index contributed by atoms with van der Waals surface area (Å²) in [5.74, 6) is -1.08. The van der Waals surface area contributed by atoms with Gasteiger partial charge in [0, 0.05) is 33.1 Å². The van der Waals surface area contributed by atoms with Crippen LogP contribution in [-0.2, 0) is 9.59 Å². The molecule has 3 amide bonds. The van der Waals surface area contributed by atoms with E-state index in [1.165, 1.54) is 11.9 Å². The van der Waals surface area contributed by atoms with Crippen molar-refractivity contribution < 1.29 is 19.5 Å². The van der Waals surface area contributed by atoms with E-state index in [0.29, 0.717) is 6.42 Å². The van der Waals surface area contributed by atoms with Gasteiger partial charge in [0.1, 0.15) is 0 Å². The maximum atomic E-state index is 11.8. The number of amides is 3. The van der Waals surface area contributed by atoms with Gasteiger partial charge in [-0.1, -0.05) is 13.3 Å². The summed E-state index contributed by atoms with van der Waals surface area (Å²) < 4.78 is 0. The summed E-state index contributed by atoms with van der Waals surface area (Å²) in [5, 5.41) is 13.9. The van der Waals surface area contributed by atoms with Gasteiger partial charge in [-0.25, -0.2) is 4.79 Å². The molecule has 3 N–H and O–H groups in total. The standard InChI is InChI=1S/C12H23N3O4/c1-4-5-9(8-11(17)18)14-12(19)15(3)7-6-10(16)13-2/h9H,4-8H2,1-3H3,(H,13,16)(H,14,19)(H,17,18). The predicted molar refractivity (Wildman–Crippen MR) is 70.8 cm³/mol. The Morgan fingerprint density at radius 1 is 1.32 bits per heavy atom. The van der Waals surface area contributed by atoms with Crippen LogP contribution in [-0.4, -0.2) is 54.6 Å². The number of hydrogen-bond donors (Lipinski definition) is 3. The number of carboxylic acid groups (broad SMARTS) is 1. The van der Waals surface area contributed by atoms with E-state index in [1.807, 2.05) is 6.92 Å². The number of carboxylic acids is 1. The molecule has 0 rings (SSSR count). The molecule has 0 aliphatic carbocycles. The Balaban J connectivity index is 4.22. The van der Waals surface area contributed by atoms with Gasteiger partial charge in [-0.3, -0.25) is 9.59 Å². The maximum Gasteiger partial charge on any atom is 0.317 e. The average Bonchev–Trinajstić information content (AvgIpc) is 2.34. The Bertz CT molecular complexity index is 320. The average molecular weight is 273 g/mol. The second kappa shape index (κ2) is 9.18. The first-order chi connectivity index (χ1) is 8.90. The van der Waals surface area contributed by atoms with E-state index >= 15 is 0 Å². The van der Waals surface area contributed by atoms with Crippen LogP contribution >= 0.6 is 0 Å².